The standard InChI is InChI=1S/C42H42ClNOS.C4H11NS.CH4O/c1-41(2)36(44(26-9-10-27-46)34-22-18-28-12-5-7-16-32(28)38(34)41)24-20-30-14-11-15-31(40(30)43)21-25-37-42(3,4)39-33-17-8-6-13-29(33)19-23-35(39)45-37;5-3-1-2-4-6;1-2/h5-8,12-13,16-25H,9-11,14-15,26-27H2,1-4H3;6H,1-5H2;2H,1H3/p+1/b24-20+,31-21+,37-25+;;. The second kappa shape index (κ2) is 19.1. The van der Waals surface area contributed by atoms with Gasteiger partial charge in [0, 0.05) is 41.8 Å². The molecule has 1 aliphatic carbocycles. The zero-order chi connectivity index (χ0) is 38.9. The quantitative estimate of drug-likeness (QED) is 0.0736. The fraction of sp³-hybridized carbons (Fsp3) is 0.383. The zero-order valence-electron chi connectivity index (χ0n) is 32.7. The number of aliphatic hydroxyl groups excluding tert-OH is 1. The predicted octanol–water partition coefficient (Wildman–Crippen LogP) is 11.8. The van der Waals surface area contributed by atoms with E-state index < -0.39 is 0 Å². The molecule has 0 fully saturated rings. The van der Waals surface area contributed by atoms with Gasteiger partial charge in [-0.2, -0.15) is 29.8 Å². The van der Waals surface area contributed by atoms with Gasteiger partial charge in [0.15, 0.2) is 5.71 Å². The van der Waals surface area contributed by atoms with Gasteiger partial charge in [0.25, 0.3) is 0 Å². The van der Waals surface area contributed by atoms with Crippen molar-refractivity contribution in [3.63, 3.8) is 0 Å². The number of hydrogen-bond acceptors (Lipinski definition) is 5. The molecule has 4 nitrogen and oxygen atoms in total. The maximum atomic E-state index is 7.19. The van der Waals surface area contributed by atoms with Gasteiger partial charge >= 0.3 is 0 Å². The summed E-state index contributed by atoms with van der Waals surface area (Å²) in [6.07, 6.45) is 16.5. The third-order valence-electron chi connectivity index (χ3n) is 10.8. The van der Waals surface area contributed by atoms with Gasteiger partial charge in [-0.05, 0) is 135 Å². The minimum atomic E-state index is -0.235. The average Bonchev–Trinajstić information content (AvgIpc) is 3.58. The zero-order valence-corrected chi connectivity index (χ0v) is 35.2. The first-order chi connectivity index (χ1) is 26.1. The molecule has 0 radical (unpaired) electrons. The minimum absolute atomic E-state index is 0.136. The van der Waals surface area contributed by atoms with E-state index in [1.54, 1.807) is 0 Å². The number of nitrogens with zero attached hydrogens (tertiary/aromatic N) is 1. The lowest BCUT2D eigenvalue weighted by Crippen LogP contribution is -2.28. The van der Waals surface area contributed by atoms with E-state index in [1.165, 1.54) is 55.2 Å². The lowest BCUT2D eigenvalue weighted by Gasteiger charge is -2.20. The van der Waals surface area contributed by atoms with Gasteiger partial charge in [-0.15, -0.1) is 0 Å². The van der Waals surface area contributed by atoms with E-state index in [0.29, 0.717) is 0 Å². The van der Waals surface area contributed by atoms with Crippen LogP contribution in [-0.2, 0) is 10.8 Å². The molecule has 0 amide bonds. The molecule has 0 saturated carbocycles. The third-order valence-corrected chi connectivity index (χ3v) is 12.0. The first-order valence-corrected chi connectivity index (χ1v) is 21.0. The van der Waals surface area contributed by atoms with Gasteiger partial charge < -0.3 is 15.6 Å². The topological polar surface area (TPSA) is 58.5 Å². The number of thiol groups is 2. The first kappa shape index (κ1) is 41.9. The van der Waals surface area contributed by atoms with Gasteiger partial charge in [0.1, 0.15) is 18.1 Å². The number of nitrogens with two attached hydrogens (primary N) is 1. The number of unbranched alkanes of at least 4 members (excludes halogenated alkanes) is 2. The minimum Gasteiger partial charge on any atom is -0.460 e. The number of halogens is 1. The smallest absolute Gasteiger partial charge is 0.210 e. The van der Waals surface area contributed by atoms with E-state index in [1.807, 2.05) is 0 Å². The van der Waals surface area contributed by atoms with Crippen LogP contribution in [0.25, 0.3) is 21.5 Å². The van der Waals surface area contributed by atoms with Gasteiger partial charge in [-0.3, -0.25) is 0 Å². The number of rotatable bonds is 10. The van der Waals surface area contributed by atoms with E-state index in [9.17, 15) is 0 Å². The Labute approximate surface area is 339 Å². The molecule has 0 atom stereocenters. The van der Waals surface area contributed by atoms with E-state index >= 15 is 0 Å². The summed E-state index contributed by atoms with van der Waals surface area (Å²) >= 11 is 15.7. The summed E-state index contributed by atoms with van der Waals surface area (Å²) in [5.74, 6) is 3.79. The molecule has 0 aromatic heterocycles. The summed E-state index contributed by atoms with van der Waals surface area (Å²) in [5, 5.41) is 13.0. The number of fused-ring (bicyclic) bond motifs is 6. The van der Waals surface area contributed by atoms with Crippen molar-refractivity contribution in [2.75, 3.05) is 31.7 Å². The van der Waals surface area contributed by atoms with E-state index in [4.69, 9.17) is 27.2 Å². The maximum absolute atomic E-state index is 7.19. The third kappa shape index (κ3) is 8.74. The fourth-order valence-corrected chi connectivity index (χ4v) is 8.83. The van der Waals surface area contributed by atoms with Crippen molar-refractivity contribution in [2.45, 2.75) is 83.5 Å². The molecule has 286 valence electrons. The molecule has 4 aromatic rings. The molecule has 7 rings (SSSR count). The van der Waals surface area contributed by atoms with Crippen LogP contribution < -0.4 is 10.5 Å². The van der Waals surface area contributed by atoms with Crippen LogP contribution in [0.3, 0.4) is 0 Å². The van der Waals surface area contributed by atoms with Crippen molar-refractivity contribution in [2.24, 2.45) is 5.73 Å². The van der Waals surface area contributed by atoms with Crippen LogP contribution in [0.15, 0.2) is 119 Å². The van der Waals surface area contributed by atoms with Crippen molar-refractivity contribution in [3.05, 3.63) is 130 Å². The summed E-state index contributed by atoms with van der Waals surface area (Å²) < 4.78 is 9.01. The first-order valence-electron chi connectivity index (χ1n) is 19.4. The molecular formula is C47H58ClN2O2S2+. The molecule has 3 N–H and O–H groups in total. The van der Waals surface area contributed by atoms with Crippen LogP contribution in [0.5, 0.6) is 5.75 Å². The van der Waals surface area contributed by atoms with Crippen LogP contribution in [0, 0.1) is 0 Å². The Bertz CT molecular complexity index is 2100. The van der Waals surface area contributed by atoms with Gasteiger partial charge in [-0.25, -0.2) is 0 Å². The summed E-state index contributed by atoms with van der Waals surface area (Å²) in [6, 6.07) is 26.2. The van der Waals surface area contributed by atoms with Crippen molar-refractivity contribution in [1.82, 2.24) is 0 Å². The van der Waals surface area contributed by atoms with Gasteiger partial charge in [-0.1, -0.05) is 78.4 Å². The van der Waals surface area contributed by atoms with Crippen molar-refractivity contribution < 1.29 is 14.4 Å². The highest BCUT2D eigenvalue weighted by Gasteiger charge is 2.45. The lowest BCUT2D eigenvalue weighted by atomic mass is 9.78. The second-order valence-corrected chi connectivity index (χ2v) is 16.4. The molecule has 0 bridgehead atoms. The van der Waals surface area contributed by atoms with Crippen LogP contribution in [0.2, 0.25) is 0 Å². The van der Waals surface area contributed by atoms with Crippen molar-refractivity contribution in [3.8, 4) is 5.75 Å². The highest BCUT2D eigenvalue weighted by molar-refractivity contribution is 7.80. The van der Waals surface area contributed by atoms with E-state index in [2.05, 4.69) is 155 Å². The Balaban J connectivity index is 0.000000640. The molecule has 2 aliphatic heterocycles. The Morgan fingerprint density at radius 2 is 1.39 bits per heavy atom. The number of aliphatic hydroxyl groups is 1. The Hall–Kier alpha value is -3.26. The molecule has 54 heavy (non-hydrogen) atoms. The summed E-state index contributed by atoms with van der Waals surface area (Å²) in [5.41, 5.74) is 12.5. The van der Waals surface area contributed by atoms with Gasteiger partial charge in [0.05, 0.1) is 10.8 Å². The normalized spacial score (nSPS) is 18.5. The summed E-state index contributed by atoms with van der Waals surface area (Å²) in [4.78, 5) is 0. The fourth-order valence-electron chi connectivity index (χ4n) is 8.07. The molecule has 0 unspecified atom stereocenters. The van der Waals surface area contributed by atoms with E-state index in [-0.39, 0.29) is 10.8 Å². The number of allylic oxidation sites excluding steroid dienone is 8. The maximum Gasteiger partial charge on any atom is 0.210 e. The highest BCUT2D eigenvalue weighted by Crippen LogP contribution is 2.49. The van der Waals surface area contributed by atoms with Crippen molar-refractivity contribution >= 4 is 69.8 Å². The Kier molecular flexibility index (Phi) is 14.8. The van der Waals surface area contributed by atoms with Gasteiger partial charge in [0.2, 0.25) is 5.69 Å². The van der Waals surface area contributed by atoms with Crippen LogP contribution in [0.1, 0.15) is 83.8 Å². The molecule has 0 saturated heterocycles. The Morgan fingerprint density at radius 1 is 0.759 bits per heavy atom. The van der Waals surface area contributed by atoms with Crippen molar-refractivity contribution in [1.29, 1.82) is 0 Å². The summed E-state index contributed by atoms with van der Waals surface area (Å²) in [7, 11) is 1.00. The monoisotopic (exact) mass is 781 g/mol. The lowest BCUT2D eigenvalue weighted by molar-refractivity contribution is -0.438. The molecule has 2 heterocycles. The Morgan fingerprint density at radius 3 is 2.04 bits per heavy atom. The number of ether oxygens (including phenoxy) is 1. The SMILES string of the molecule is CC1(C)C(/C=C/C2=C(Cl)C(=C/C=C3/Oc4ccc5ccccc5c4C3(C)C)/CCC2)=[N+](CCCCS)c2ccc3ccccc3c21.CO.NCCCCS. The molecule has 7 heteroatoms. The van der Waals surface area contributed by atoms with E-state index in [0.717, 1.165) is 93.2 Å². The largest absolute Gasteiger partial charge is 0.460 e. The molecule has 3 aliphatic rings. The second-order valence-electron chi connectivity index (χ2n) is 15.1. The molecular weight excluding hydrogens is 724 g/mol. The molecule has 4 aromatic carbocycles. The predicted molar refractivity (Wildman–Crippen MR) is 240 cm³/mol. The van der Waals surface area contributed by atoms with Crippen LogP contribution in [-0.4, -0.2) is 47.1 Å². The average molecular weight is 783 g/mol. The highest BCUT2D eigenvalue weighted by atomic mass is 35.5. The van der Waals surface area contributed by atoms with Crippen LogP contribution >= 0.6 is 36.9 Å². The summed E-state index contributed by atoms with van der Waals surface area (Å²) in [6.45, 7) is 11.0. The van der Waals surface area contributed by atoms with Crippen LogP contribution in [0.4, 0.5) is 5.69 Å². The number of benzene rings is 4. The molecule has 0 spiro atoms. The number of hydrogen-bond donors (Lipinski definition) is 4.